The maximum atomic E-state index is 12.5. The Kier molecular flexibility index (Phi) is 4.95. The molecule has 0 bridgehead atoms. The molecule has 0 fully saturated rings. The van der Waals surface area contributed by atoms with Crippen molar-refractivity contribution >= 4 is 17.5 Å². The summed E-state index contributed by atoms with van der Waals surface area (Å²) in [6, 6.07) is 12.4. The lowest BCUT2D eigenvalue weighted by atomic mass is 10.1. The number of nitrogens with zero attached hydrogens (tertiary/aromatic N) is 4. The summed E-state index contributed by atoms with van der Waals surface area (Å²) >= 11 is 6.26. The van der Waals surface area contributed by atoms with Crippen molar-refractivity contribution in [1.82, 2.24) is 25.5 Å². The van der Waals surface area contributed by atoms with E-state index in [2.05, 4.69) is 20.8 Å². The minimum absolute atomic E-state index is 0.196. The molecule has 3 aromatic rings. The van der Waals surface area contributed by atoms with Crippen LogP contribution in [-0.2, 0) is 0 Å². The summed E-state index contributed by atoms with van der Waals surface area (Å²) in [5.74, 6) is 0.478. The SMILES string of the molecule is COc1cccc(C(C)NC(=O)c2ccc(-n3cnnn3)cc2Cl)c1. The Morgan fingerprint density at radius 2 is 2.12 bits per heavy atom. The lowest BCUT2D eigenvalue weighted by Crippen LogP contribution is -2.27. The number of methoxy groups -OCH3 is 1. The molecule has 0 spiro atoms. The quantitative estimate of drug-likeness (QED) is 0.759. The highest BCUT2D eigenvalue weighted by molar-refractivity contribution is 6.34. The third-order valence-electron chi connectivity index (χ3n) is 3.75. The first-order chi connectivity index (χ1) is 12.1. The van der Waals surface area contributed by atoms with Gasteiger partial charge in [-0.05, 0) is 53.2 Å². The molecule has 1 unspecified atom stereocenters. The van der Waals surface area contributed by atoms with E-state index < -0.39 is 0 Å². The van der Waals surface area contributed by atoms with Crippen molar-refractivity contribution in [1.29, 1.82) is 0 Å². The summed E-state index contributed by atoms with van der Waals surface area (Å²) in [7, 11) is 1.61. The van der Waals surface area contributed by atoms with Crippen LogP contribution in [0, 0.1) is 0 Å². The highest BCUT2D eigenvalue weighted by Gasteiger charge is 2.15. The van der Waals surface area contributed by atoms with Gasteiger partial charge in [0.25, 0.3) is 5.91 Å². The molecule has 3 rings (SSSR count). The number of amides is 1. The molecule has 1 aromatic heterocycles. The van der Waals surface area contributed by atoms with Gasteiger partial charge < -0.3 is 10.1 Å². The number of ether oxygens (including phenoxy) is 1. The minimum atomic E-state index is -0.261. The van der Waals surface area contributed by atoms with Gasteiger partial charge in [-0.15, -0.1) is 5.10 Å². The van der Waals surface area contributed by atoms with Crippen LogP contribution >= 0.6 is 11.6 Å². The second-order valence-electron chi connectivity index (χ2n) is 5.39. The van der Waals surface area contributed by atoms with E-state index in [9.17, 15) is 4.79 Å². The molecule has 0 saturated carbocycles. The first-order valence-electron chi connectivity index (χ1n) is 7.56. The molecule has 7 nitrogen and oxygen atoms in total. The van der Waals surface area contributed by atoms with Crippen LogP contribution in [0.3, 0.4) is 0 Å². The second-order valence-corrected chi connectivity index (χ2v) is 5.80. The van der Waals surface area contributed by atoms with Gasteiger partial charge >= 0.3 is 0 Å². The average molecular weight is 358 g/mol. The number of carbonyl (C=O) groups excluding carboxylic acids is 1. The molecule has 1 atom stereocenters. The second kappa shape index (κ2) is 7.31. The van der Waals surface area contributed by atoms with Gasteiger partial charge in [0.1, 0.15) is 12.1 Å². The maximum Gasteiger partial charge on any atom is 0.253 e. The van der Waals surface area contributed by atoms with Crippen molar-refractivity contribution < 1.29 is 9.53 Å². The summed E-state index contributed by atoms with van der Waals surface area (Å²) < 4.78 is 6.67. The zero-order valence-electron chi connectivity index (χ0n) is 13.7. The van der Waals surface area contributed by atoms with E-state index in [4.69, 9.17) is 16.3 Å². The Balaban J connectivity index is 1.76. The number of hydrogen-bond acceptors (Lipinski definition) is 5. The topological polar surface area (TPSA) is 81.9 Å². The number of nitrogens with one attached hydrogen (secondary N) is 1. The van der Waals surface area contributed by atoms with Crippen LogP contribution in [0.15, 0.2) is 48.8 Å². The number of rotatable bonds is 5. The van der Waals surface area contributed by atoms with Gasteiger partial charge in [0.15, 0.2) is 0 Å². The van der Waals surface area contributed by atoms with Crippen LogP contribution < -0.4 is 10.1 Å². The van der Waals surface area contributed by atoms with E-state index in [0.29, 0.717) is 16.3 Å². The Labute approximate surface area is 149 Å². The van der Waals surface area contributed by atoms with Gasteiger partial charge in [0, 0.05) is 0 Å². The Morgan fingerprint density at radius 1 is 1.28 bits per heavy atom. The molecule has 25 heavy (non-hydrogen) atoms. The van der Waals surface area contributed by atoms with Crippen LogP contribution in [0.25, 0.3) is 5.69 Å². The van der Waals surface area contributed by atoms with E-state index in [1.807, 2.05) is 31.2 Å². The van der Waals surface area contributed by atoms with E-state index in [0.717, 1.165) is 11.3 Å². The lowest BCUT2D eigenvalue weighted by Gasteiger charge is -2.16. The van der Waals surface area contributed by atoms with Gasteiger partial charge in [0.2, 0.25) is 0 Å². The normalized spacial score (nSPS) is 11.8. The number of halogens is 1. The predicted molar refractivity (Wildman–Crippen MR) is 93.0 cm³/mol. The number of carbonyl (C=O) groups is 1. The smallest absolute Gasteiger partial charge is 0.253 e. The molecule has 1 N–H and O–H groups in total. The fraction of sp³-hybridized carbons (Fsp3) is 0.176. The Morgan fingerprint density at radius 3 is 2.80 bits per heavy atom. The molecule has 0 saturated heterocycles. The molecule has 0 radical (unpaired) electrons. The zero-order chi connectivity index (χ0) is 17.8. The van der Waals surface area contributed by atoms with Crippen LogP contribution in [0.1, 0.15) is 28.9 Å². The monoisotopic (exact) mass is 357 g/mol. The highest BCUT2D eigenvalue weighted by atomic mass is 35.5. The third-order valence-corrected chi connectivity index (χ3v) is 4.06. The summed E-state index contributed by atoms with van der Waals surface area (Å²) in [5, 5.41) is 14.2. The van der Waals surface area contributed by atoms with Gasteiger partial charge in [-0.25, -0.2) is 4.68 Å². The zero-order valence-corrected chi connectivity index (χ0v) is 14.4. The predicted octanol–water partition coefficient (Wildman–Crippen LogP) is 2.82. The standard InChI is InChI=1S/C17H16ClN5O2/c1-11(12-4-3-5-14(8-12)25-2)20-17(24)15-7-6-13(9-16(15)18)23-10-19-21-22-23/h3-11H,1-2H3,(H,20,24). The summed E-state index contributed by atoms with van der Waals surface area (Å²) in [6.45, 7) is 1.90. The summed E-state index contributed by atoms with van der Waals surface area (Å²) in [6.07, 6.45) is 1.45. The van der Waals surface area contributed by atoms with E-state index in [1.165, 1.54) is 11.0 Å². The lowest BCUT2D eigenvalue weighted by molar-refractivity contribution is 0.0940. The number of tetrazole rings is 1. The van der Waals surface area contributed by atoms with Crippen LogP contribution in [0.2, 0.25) is 5.02 Å². The highest BCUT2D eigenvalue weighted by Crippen LogP contribution is 2.22. The molecule has 0 aliphatic carbocycles. The summed E-state index contributed by atoms with van der Waals surface area (Å²) in [5.41, 5.74) is 2.00. The molecule has 1 heterocycles. The fourth-order valence-corrected chi connectivity index (χ4v) is 2.64. The van der Waals surface area contributed by atoms with E-state index >= 15 is 0 Å². The largest absolute Gasteiger partial charge is 0.497 e. The van der Waals surface area contributed by atoms with Gasteiger partial charge in [-0.3, -0.25) is 4.79 Å². The molecule has 2 aromatic carbocycles. The first kappa shape index (κ1) is 16.9. The molecular weight excluding hydrogens is 342 g/mol. The number of hydrogen-bond donors (Lipinski definition) is 1. The molecular formula is C17H16ClN5O2. The molecule has 0 aliphatic rings. The molecule has 8 heteroatoms. The van der Waals surface area contributed by atoms with Crippen molar-refractivity contribution in [3.05, 3.63) is 64.9 Å². The van der Waals surface area contributed by atoms with E-state index in [1.54, 1.807) is 25.3 Å². The molecule has 0 aliphatic heterocycles. The van der Waals surface area contributed by atoms with Crippen LogP contribution in [0.5, 0.6) is 5.75 Å². The molecule has 128 valence electrons. The average Bonchev–Trinajstić information content (AvgIpc) is 3.16. The van der Waals surface area contributed by atoms with Crippen molar-refractivity contribution in [2.75, 3.05) is 7.11 Å². The summed E-state index contributed by atoms with van der Waals surface area (Å²) in [4.78, 5) is 12.5. The van der Waals surface area contributed by atoms with Crippen molar-refractivity contribution in [3.63, 3.8) is 0 Å². The van der Waals surface area contributed by atoms with Crippen molar-refractivity contribution in [2.24, 2.45) is 0 Å². The van der Waals surface area contributed by atoms with Crippen molar-refractivity contribution in [2.45, 2.75) is 13.0 Å². The maximum absolute atomic E-state index is 12.5. The van der Waals surface area contributed by atoms with E-state index in [-0.39, 0.29) is 11.9 Å². The van der Waals surface area contributed by atoms with Crippen LogP contribution in [-0.4, -0.2) is 33.2 Å². The number of benzene rings is 2. The van der Waals surface area contributed by atoms with Gasteiger partial charge in [-0.2, -0.15) is 0 Å². The van der Waals surface area contributed by atoms with Gasteiger partial charge in [-0.1, -0.05) is 23.7 Å². The molecule has 1 amide bonds. The third kappa shape index (κ3) is 3.77. The van der Waals surface area contributed by atoms with Crippen LogP contribution in [0.4, 0.5) is 0 Å². The number of aromatic nitrogens is 4. The Hall–Kier alpha value is -2.93. The fourth-order valence-electron chi connectivity index (χ4n) is 2.38. The van der Waals surface area contributed by atoms with Gasteiger partial charge in [0.05, 0.1) is 29.4 Å². The Bertz CT molecular complexity index is 883. The first-order valence-corrected chi connectivity index (χ1v) is 7.94. The minimum Gasteiger partial charge on any atom is -0.497 e. The van der Waals surface area contributed by atoms with Crippen molar-refractivity contribution in [3.8, 4) is 11.4 Å².